The molecule has 1 amide bonds. The SMILES string of the molecule is O=C1C(Cl)C(c2ccc([N+](=O)[O-])cc2)N1n1c(CN2c3ccccc3Sc3ccccc32)n[nH]c1=S. The molecular formula is C24H17ClN6O3S2. The number of anilines is 2. The van der Waals surface area contributed by atoms with E-state index in [9.17, 15) is 14.9 Å². The Morgan fingerprint density at radius 2 is 1.64 bits per heavy atom. The minimum atomic E-state index is -0.830. The van der Waals surface area contributed by atoms with Crippen LogP contribution in [0.4, 0.5) is 17.1 Å². The zero-order valence-corrected chi connectivity index (χ0v) is 20.8. The standard InChI is InChI=1S/C24H17ClN6O3S2/c25-21-22(14-9-11-15(12-10-14)31(33)34)30(23(21)32)29-20(26-27-24(29)35)13-28-16-5-1-3-7-18(16)36-19-8-4-2-6-17(19)28/h1-12,21-22H,13H2,(H,27,35). The number of aromatic amines is 1. The van der Waals surface area contributed by atoms with Crippen LogP contribution in [0.1, 0.15) is 17.4 Å². The molecule has 9 nitrogen and oxygen atoms in total. The number of H-pyrrole nitrogens is 1. The van der Waals surface area contributed by atoms with Crippen LogP contribution in [0.25, 0.3) is 0 Å². The Bertz CT molecular complexity index is 1530. The number of aromatic nitrogens is 3. The van der Waals surface area contributed by atoms with E-state index in [1.54, 1.807) is 28.6 Å². The fraction of sp³-hybridized carbons (Fsp3) is 0.125. The van der Waals surface area contributed by atoms with Gasteiger partial charge in [-0.25, -0.2) is 9.69 Å². The number of hydrogen-bond donors (Lipinski definition) is 1. The summed E-state index contributed by atoms with van der Waals surface area (Å²) in [6.07, 6.45) is 0. The number of fused-ring (bicyclic) bond motifs is 2. The fourth-order valence-electron chi connectivity index (χ4n) is 4.51. The third kappa shape index (κ3) is 3.58. The van der Waals surface area contributed by atoms with Crippen molar-refractivity contribution in [3.8, 4) is 0 Å². The zero-order chi connectivity index (χ0) is 25.0. The number of rotatable bonds is 5. The monoisotopic (exact) mass is 536 g/mol. The molecule has 0 saturated carbocycles. The average molecular weight is 537 g/mol. The number of nitro groups is 1. The molecule has 12 heteroatoms. The maximum atomic E-state index is 13.0. The first-order chi connectivity index (χ1) is 17.4. The van der Waals surface area contributed by atoms with E-state index in [1.165, 1.54) is 17.1 Å². The lowest BCUT2D eigenvalue weighted by atomic mass is 9.95. The molecule has 0 radical (unpaired) electrons. The van der Waals surface area contributed by atoms with Gasteiger partial charge in [0.25, 0.3) is 11.6 Å². The number of nitro benzene ring substituents is 1. The molecule has 2 aliphatic heterocycles. The van der Waals surface area contributed by atoms with E-state index in [0.717, 1.165) is 21.2 Å². The molecule has 0 bridgehead atoms. The number of nitrogens with zero attached hydrogens (tertiary/aromatic N) is 5. The van der Waals surface area contributed by atoms with Crippen molar-refractivity contribution in [1.82, 2.24) is 14.9 Å². The van der Waals surface area contributed by atoms with E-state index in [2.05, 4.69) is 27.2 Å². The molecule has 2 aliphatic rings. The van der Waals surface area contributed by atoms with Gasteiger partial charge in [-0.05, 0) is 54.2 Å². The van der Waals surface area contributed by atoms with Crippen LogP contribution in [-0.2, 0) is 11.3 Å². The van der Waals surface area contributed by atoms with E-state index in [4.69, 9.17) is 23.8 Å². The van der Waals surface area contributed by atoms with Crippen molar-refractivity contribution < 1.29 is 9.72 Å². The molecule has 3 aromatic carbocycles. The van der Waals surface area contributed by atoms with Gasteiger partial charge in [-0.1, -0.05) is 36.0 Å². The highest BCUT2D eigenvalue weighted by Gasteiger charge is 2.50. The molecule has 1 aromatic heterocycles. The normalized spacial score (nSPS) is 18.4. The number of non-ortho nitro benzene ring substituents is 1. The van der Waals surface area contributed by atoms with Gasteiger partial charge in [-0.3, -0.25) is 20.0 Å². The van der Waals surface area contributed by atoms with E-state index in [1.807, 2.05) is 36.4 Å². The molecule has 1 fully saturated rings. The summed E-state index contributed by atoms with van der Waals surface area (Å²) in [6.45, 7) is 0.339. The Balaban J connectivity index is 1.39. The van der Waals surface area contributed by atoms with Crippen LogP contribution in [-0.4, -0.2) is 31.1 Å². The Labute approximate surface area is 219 Å². The molecule has 36 heavy (non-hydrogen) atoms. The minimum absolute atomic E-state index is 0.0389. The lowest BCUT2D eigenvalue weighted by Gasteiger charge is -2.44. The van der Waals surface area contributed by atoms with Crippen molar-refractivity contribution in [2.75, 3.05) is 9.91 Å². The molecule has 0 aliphatic carbocycles. The van der Waals surface area contributed by atoms with Gasteiger partial charge in [-0.2, -0.15) is 5.10 Å². The van der Waals surface area contributed by atoms with Gasteiger partial charge in [0.1, 0.15) is 11.4 Å². The quantitative estimate of drug-likeness (QED) is 0.118. The van der Waals surface area contributed by atoms with Crippen molar-refractivity contribution in [2.24, 2.45) is 0 Å². The first kappa shape index (κ1) is 22.8. The van der Waals surface area contributed by atoms with E-state index >= 15 is 0 Å². The van der Waals surface area contributed by atoms with Crippen LogP contribution in [0.15, 0.2) is 82.6 Å². The number of halogens is 1. The van der Waals surface area contributed by atoms with Crippen LogP contribution in [0, 0.1) is 14.9 Å². The molecule has 1 N–H and O–H groups in total. The van der Waals surface area contributed by atoms with Gasteiger partial charge < -0.3 is 4.90 Å². The number of carbonyl (C=O) groups excluding carboxylic acids is 1. The van der Waals surface area contributed by atoms with E-state index < -0.39 is 16.3 Å². The zero-order valence-electron chi connectivity index (χ0n) is 18.4. The third-order valence-corrected chi connectivity index (χ3v) is 8.03. The predicted molar refractivity (Wildman–Crippen MR) is 139 cm³/mol. The Hall–Kier alpha value is -3.67. The highest BCUT2D eigenvalue weighted by molar-refractivity contribution is 7.99. The van der Waals surface area contributed by atoms with Gasteiger partial charge in [0.15, 0.2) is 5.82 Å². The number of alkyl halides is 1. The minimum Gasteiger partial charge on any atom is -0.332 e. The number of β-lactam (4-membered cyclic amide) rings is 1. The topological polar surface area (TPSA) is 100 Å². The second-order valence-electron chi connectivity index (χ2n) is 8.26. The predicted octanol–water partition coefficient (Wildman–Crippen LogP) is 5.48. The molecule has 2 atom stereocenters. The molecule has 3 heterocycles. The molecule has 1 saturated heterocycles. The van der Waals surface area contributed by atoms with Gasteiger partial charge in [0.2, 0.25) is 4.77 Å². The van der Waals surface area contributed by atoms with Crippen LogP contribution < -0.4 is 9.91 Å². The summed E-state index contributed by atoms with van der Waals surface area (Å²) in [4.78, 5) is 27.9. The summed E-state index contributed by atoms with van der Waals surface area (Å²) in [6, 6.07) is 21.7. The molecule has 4 aromatic rings. The lowest BCUT2D eigenvalue weighted by Crippen LogP contribution is -2.62. The summed E-state index contributed by atoms with van der Waals surface area (Å²) in [7, 11) is 0. The summed E-state index contributed by atoms with van der Waals surface area (Å²) < 4.78 is 1.83. The third-order valence-electron chi connectivity index (χ3n) is 6.21. The second-order valence-corrected chi connectivity index (χ2v) is 10.2. The first-order valence-electron chi connectivity index (χ1n) is 11.0. The summed E-state index contributed by atoms with van der Waals surface area (Å²) in [5, 5.41) is 19.0. The maximum absolute atomic E-state index is 13.0. The van der Waals surface area contributed by atoms with Gasteiger partial charge >= 0.3 is 0 Å². The van der Waals surface area contributed by atoms with Crippen LogP contribution in [0.3, 0.4) is 0 Å². The first-order valence-corrected chi connectivity index (χ1v) is 12.6. The van der Waals surface area contributed by atoms with Crippen LogP contribution >= 0.6 is 35.6 Å². The molecule has 180 valence electrons. The molecule has 0 spiro atoms. The maximum Gasteiger partial charge on any atom is 0.269 e. The van der Waals surface area contributed by atoms with Gasteiger partial charge in [-0.15, -0.1) is 11.6 Å². The Morgan fingerprint density at radius 1 is 1.03 bits per heavy atom. The molecular weight excluding hydrogens is 520 g/mol. The number of amides is 1. The van der Waals surface area contributed by atoms with Crippen molar-refractivity contribution in [2.45, 2.75) is 27.8 Å². The van der Waals surface area contributed by atoms with E-state index in [0.29, 0.717) is 17.9 Å². The molecule has 6 rings (SSSR count). The van der Waals surface area contributed by atoms with Crippen LogP contribution in [0.2, 0.25) is 0 Å². The number of carbonyl (C=O) groups is 1. The summed E-state index contributed by atoms with van der Waals surface area (Å²) in [5.74, 6) is 0.203. The van der Waals surface area contributed by atoms with Gasteiger partial charge in [0, 0.05) is 21.9 Å². The number of para-hydroxylation sites is 2. The van der Waals surface area contributed by atoms with Crippen molar-refractivity contribution in [3.05, 3.63) is 99.1 Å². The number of benzene rings is 3. The highest BCUT2D eigenvalue weighted by Crippen LogP contribution is 2.48. The highest BCUT2D eigenvalue weighted by atomic mass is 35.5. The average Bonchev–Trinajstić information content (AvgIpc) is 3.25. The smallest absolute Gasteiger partial charge is 0.269 e. The number of hydrogen-bond acceptors (Lipinski definition) is 7. The van der Waals surface area contributed by atoms with Gasteiger partial charge in [0.05, 0.1) is 22.8 Å². The van der Waals surface area contributed by atoms with Crippen molar-refractivity contribution in [1.29, 1.82) is 0 Å². The Morgan fingerprint density at radius 3 is 2.25 bits per heavy atom. The van der Waals surface area contributed by atoms with E-state index in [-0.39, 0.29) is 16.4 Å². The summed E-state index contributed by atoms with van der Waals surface area (Å²) >= 11 is 13.6. The Kier molecular flexibility index (Phi) is 5.55. The second kappa shape index (κ2) is 8.77. The largest absolute Gasteiger partial charge is 0.332 e. The number of nitrogens with one attached hydrogen (secondary N) is 1. The summed E-state index contributed by atoms with van der Waals surface area (Å²) in [5.41, 5.74) is 2.68. The van der Waals surface area contributed by atoms with Crippen LogP contribution in [0.5, 0.6) is 0 Å². The van der Waals surface area contributed by atoms with Crippen molar-refractivity contribution >= 4 is 58.6 Å². The fourth-order valence-corrected chi connectivity index (χ4v) is 6.20. The lowest BCUT2D eigenvalue weighted by molar-refractivity contribution is -0.384. The molecule has 2 unspecified atom stereocenters. The van der Waals surface area contributed by atoms with Crippen molar-refractivity contribution in [3.63, 3.8) is 0 Å².